The van der Waals surface area contributed by atoms with Gasteiger partial charge in [-0.3, -0.25) is 4.79 Å². The molecule has 128 valence electrons. The number of thiophene rings is 1. The van der Waals surface area contributed by atoms with Crippen molar-refractivity contribution in [3.8, 4) is 0 Å². The number of nitrogens with one attached hydrogen (secondary N) is 2. The van der Waals surface area contributed by atoms with Crippen LogP contribution in [0.2, 0.25) is 0 Å². The molecule has 0 bridgehead atoms. The fraction of sp³-hybridized carbons (Fsp3) is 0.615. The van der Waals surface area contributed by atoms with E-state index in [1.165, 1.54) is 6.07 Å². The largest absolute Gasteiger partial charge is 0.349 e. The van der Waals surface area contributed by atoms with Crippen LogP contribution in [0.1, 0.15) is 27.2 Å². The van der Waals surface area contributed by atoms with E-state index in [0.717, 1.165) is 17.8 Å². The Kier molecular flexibility index (Phi) is 8.56. The van der Waals surface area contributed by atoms with Crippen LogP contribution in [0.25, 0.3) is 0 Å². The van der Waals surface area contributed by atoms with Crippen molar-refractivity contribution in [2.75, 3.05) is 13.1 Å². The van der Waals surface area contributed by atoms with Crippen LogP contribution >= 0.6 is 23.7 Å². The van der Waals surface area contributed by atoms with E-state index in [0.29, 0.717) is 12.5 Å². The second kappa shape index (κ2) is 8.83. The first-order valence-electron chi connectivity index (χ1n) is 6.73. The number of hydrogen-bond acceptors (Lipinski definition) is 5. The number of amides is 1. The average molecular weight is 370 g/mol. The highest BCUT2D eigenvalue weighted by Gasteiger charge is 2.26. The number of carbonyl (C=O) groups excluding carboxylic acids is 1. The summed E-state index contributed by atoms with van der Waals surface area (Å²) in [4.78, 5) is 11.9. The monoisotopic (exact) mass is 369 g/mol. The Hall–Kier alpha value is -0.670. The van der Waals surface area contributed by atoms with Gasteiger partial charge in [0.1, 0.15) is 4.21 Å². The van der Waals surface area contributed by atoms with Crippen molar-refractivity contribution in [1.82, 2.24) is 10.0 Å². The molecule has 0 saturated carbocycles. The Morgan fingerprint density at radius 1 is 1.45 bits per heavy atom. The molecule has 0 saturated heterocycles. The summed E-state index contributed by atoms with van der Waals surface area (Å²) >= 11 is 1.11. The molecule has 6 nitrogen and oxygen atoms in total. The molecular formula is C13H24ClN3O3S2. The van der Waals surface area contributed by atoms with E-state index >= 15 is 0 Å². The van der Waals surface area contributed by atoms with Gasteiger partial charge in [0.2, 0.25) is 5.91 Å². The zero-order valence-electron chi connectivity index (χ0n) is 13.0. The summed E-state index contributed by atoms with van der Waals surface area (Å²) in [5, 5.41) is 4.47. The van der Waals surface area contributed by atoms with Gasteiger partial charge >= 0.3 is 0 Å². The van der Waals surface area contributed by atoms with Crippen molar-refractivity contribution in [2.45, 2.75) is 36.9 Å². The van der Waals surface area contributed by atoms with Gasteiger partial charge in [0.15, 0.2) is 0 Å². The molecule has 0 aromatic carbocycles. The third kappa shape index (κ3) is 6.62. The molecule has 1 amide bonds. The molecule has 0 fully saturated rings. The minimum absolute atomic E-state index is 0. The van der Waals surface area contributed by atoms with E-state index in [9.17, 15) is 13.2 Å². The number of halogens is 1. The number of hydrogen-bond donors (Lipinski definition) is 3. The summed E-state index contributed by atoms with van der Waals surface area (Å²) < 4.78 is 26.3. The van der Waals surface area contributed by atoms with Gasteiger partial charge in [-0.05, 0) is 30.7 Å². The van der Waals surface area contributed by atoms with Crippen molar-refractivity contribution >= 4 is 39.7 Å². The standard InChI is InChI=1S/C13H23N3O3S2.ClH/c1-10(2)7-13(3,9-14)16-11(17)8-15-21(18,19)12-5-4-6-20-12;/h4-6,10,15H,7-9,14H2,1-3H3,(H,16,17);1H. The summed E-state index contributed by atoms with van der Waals surface area (Å²) in [6, 6.07) is 3.14. The Labute approximate surface area is 142 Å². The lowest BCUT2D eigenvalue weighted by Gasteiger charge is -2.31. The van der Waals surface area contributed by atoms with Crippen molar-refractivity contribution in [3.63, 3.8) is 0 Å². The van der Waals surface area contributed by atoms with Crippen molar-refractivity contribution < 1.29 is 13.2 Å². The molecule has 0 aliphatic rings. The van der Waals surface area contributed by atoms with Crippen LogP contribution in [-0.2, 0) is 14.8 Å². The minimum Gasteiger partial charge on any atom is -0.349 e. The zero-order valence-corrected chi connectivity index (χ0v) is 15.4. The summed E-state index contributed by atoms with van der Waals surface area (Å²) in [5.41, 5.74) is 5.18. The van der Waals surface area contributed by atoms with Crippen molar-refractivity contribution in [3.05, 3.63) is 17.5 Å². The smallest absolute Gasteiger partial charge is 0.250 e. The highest BCUT2D eigenvalue weighted by Crippen LogP contribution is 2.16. The Balaban J connectivity index is 0.00000441. The van der Waals surface area contributed by atoms with E-state index < -0.39 is 15.6 Å². The number of carbonyl (C=O) groups is 1. The second-order valence-electron chi connectivity index (χ2n) is 5.67. The Morgan fingerprint density at radius 2 is 2.09 bits per heavy atom. The first-order valence-corrected chi connectivity index (χ1v) is 9.09. The van der Waals surface area contributed by atoms with Gasteiger partial charge in [-0.2, -0.15) is 0 Å². The first kappa shape index (κ1) is 21.3. The second-order valence-corrected chi connectivity index (χ2v) is 8.61. The summed E-state index contributed by atoms with van der Waals surface area (Å²) in [5.74, 6) is -0.00890. The maximum Gasteiger partial charge on any atom is 0.250 e. The number of rotatable bonds is 8. The third-order valence-corrected chi connectivity index (χ3v) is 5.73. The highest BCUT2D eigenvalue weighted by molar-refractivity contribution is 7.91. The molecule has 9 heteroatoms. The highest BCUT2D eigenvalue weighted by atomic mass is 35.5. The minimum atomic E-state index is -3.62. The van der Waals surface area contributed by atoms with Gasteiger partial charge in [0, 0.05) is 12.1 Å². The lowest BCUT2D eigenvalue weighted by atomic mass is 9.91. The van der Waals surface area contributed by atoms with Gasteiger partial charge in [0.05, 0.1) is 6.54 Å². The maximum absolute atomic E-state index is 11.9. The van der Waals surface area contributed by atoms with Crippen LogP contribution in [0.15, 0.2) is 21.7 Å². The summed E-state index contributed by atoms with van der Waals surface area (Å²) in [6.07, 6.45) is 0.729. The molecular weight excluding hydrogens is 346 g/mol. The van der Waals surface area contributed by atoms with Gasteiger partial charge in [-0.1, -0.05) is 19.9 Å². The van der Waals surface area contributed by atoms with E-state index in [-0.39, 0.29) is 29.1 Å². The molecule has 1 aromatic rings. The Bertz CT molecular complexity index is 561. The average Bonchev–Trinajstić information content (AvgIpc) is 2.90. The Morgan fingerprint density at radius 3 is 2.55 bits per heavy atom. The molecule has 0 radical (unpaired) electrons. The van der Waals surface area contributed by atoms with Crippen LogP contribution in [-0.4, -0.2) is 33.0 Å². The predicted octanol–water partition coefficient (Wildman–Crippen LogP) is 1.33. The first-order chi connectivity index (χ1) is 9.68. The number of nitrogens with two attached hydrogens (primary N) is 1. The molecule has 1 rings (SSSR count). The van der Waals surface area contributed by atoms with E-state index in [1.54, 1.807) is 11.4 Å². The van der Waals surface area contributed by atoms with Gasteiger partial charge in [-0.25, -0.2) is 13.1 Å². The molecule has 22 heavy (non-hydrogen) atoms. The zero-order chi connectivity index (χ0) is 16.1. The number of sulfonamides is 1. The fourth-order valence-corrected chi connectivity index (χ4v) is 4.13. The molecule has 0 spiro atoms. The lowest BCUT2D eigenvalue weighted by Crippen LogP contribution is -2.54. The molecule has 0 aliphatic carbocycles. The molecule has 1 heterocycles. The SMILES string of the molecule is CC(C)CC(C)(CN)NC(=O)CNS(=O)(=O)c1cccs1.Cl. The molecule has 1 unspecified atom stereocenters. The fourth-order valence-electron chi connectivity index (χ4n) is 2.12. The van der Waals surface area contributed by atoms with Gasteiger partial charge in [-0.15, -0.1) is 23.7 Å². The van der Waals surface area contributed by atoms with E-state index in [2.05, 4.69) is 10.0 Å². The van der Waals surface area contributed by atoms with Crippen LogP contribution in [0.4, 0.5) is 0 Å². The van der Waals surface area contributed by atoms with Gasteiger partial charge in [0.25, 0.3) is 10.0 Å². The maximum atomic E-state index is 11.9. The van der Waals surface area contributed by atoms with Crippen LogP contribution in [0.3, 0.4) is 0 Å². The molecule has 4 N–H and O–H groups in total. The van der Waals surface area contributed by atoms with E-state index in [1.807, 2.05) is 20.8 Å². The molecule has 1 aromatic heterocycles. The topological polar surface area (TPSA) is 101 Å². The predicted molar refractivity (Wildman–Crippen MR) is 91.8 cm³/mol. The lowest BCUT2D eigenvalue weighted by molar-refractivity contribution is -0.121. The van der Waals surface area contributed by atoms with Crippen molar-refractivity contribution in [2.24, 2.45) is 11.7 Å². The van der Waals surface area contributed by atoms with Crippen LogP contribution < -0.4 is 15.8 Å². The summed E-state index contributed by atoms with van der Waals surface area (Å²) in [6.45, 7) is 5.94. The summed E-state index contributed by atoms with van der Waals surface area (Å²) in [7, 11) is -3.62. The van der Waals surface area contributed by atoms with Crippen LogP contribution in [0.5, 0.6) is 0 Å². The van der Waals surface area contributed by atoms with Crippen molar-refractivity contribution in [1.29, 1.82) is 0 Å². The van der Waals surface area contributed by atoms with E-state index in [4.69, 9.17) is 5.73 Å². The molecule has 1 atom stereocenters. The quantitative estimate of drug-likeness (QED) is 0.643. The van der Waals surface area contributed by atoms with Crippen LogP contribution in [0, 0.1) is 5.92 Å². The normalized spacial score (nSPS) is 14.2. The third-order valence-electron chi connectivity index (χ3n) is 2.93. The molecule has 0 aliphatic heterocycles. The van der Waals surface area contributed by atoms with Gasteiger partial charge < -0.3 is 11.1 Å².